The third-order valence-corrected chi connectivity index (χ3v) is 3.80. The molecule has 1 aliphatic rings. The van der Waals surface area contributed by atoms with E-state index in [1.165, 1.54) is 12.1 Å². The van der Waals surface area contributed by atoms with Crippen LogP contribution in [-0.4, -0.2) is 17.5 Å². The van der Waals surface area contributed by atoms with Crippen molar-refractivity contribution in [3.63, 3.8) is 0 Å². The van der Waals surface area contributed by atoms with Crippen LogP contribution in [0.5, 0.6) is 0 Å². The van der Waals surface area contributed by atoms with E-state index in [0.29, 0.717) is 10.8 Å². The Morgan fingerprint density at radius 3 is 2.80 bits per heavy atom. The first-order chi connectivity index (χ1) is 7.16. The number of thioether (sulfide) groups is 1. The van der Waals surface area contributed by atoms with Crippen LogP contribution in [0.15, 0.2) is 18.2 Å². The topological polar surface area (TPSA) is 12.0 Å². The lowest BCUT2D eigenvalue weighted by atomic mass is 10.1. The van der Waals surface area contributed by atoms with E-state index < -0.39 is 11.6 Å². The van der Waals surface area contributed by atoms with E-state index in [1.807, 2.05) is 11.8 Å². The zero-order valence-corrected chi connectivity index (χ0v) is 9.28. The highest BCUT2D eigenvalue weighted by molar-refractivity contribution is 8.00. The number of halogens is 2. The van der Waals surface area contributed by atoms with E-state index >= 15 is 0 Å². The van der Waals surface area contributed by atoms with E-state index in [1.54, 1.807) is 0 Å². The van der Waals surface area contributed by atoms with Crippen LogP contribution in [0, 0.1) is 11.6 Å². The van der Waals surface area contributed by atoms with Crippen LogP contribution in [0.2, 0.25) is 0 Å². The normalized spacial score (nSPS) is 26.6. The van der Waals surface area contributed by atoms with Crippen molar-refractivity contribution < 1.29 is 8.78 Å². The second-order valence-corrected chi connectivity index (χ2v) is 5.24. The minimum atomic E-state index is -0.520. The van der Waals surface area contributed by atoms with Gasteiger partial charge in [0.15, 0.2) is 0 Å². The van der Waals surface area contributed by atoms with Crippen LogP contribution in [0.25, 0.3) is 0 Å². The van der Waals surface area contributed by atoms with Gasteiger partial charge < -0.3 is 5.32 Å². The highest BCUT2D eigenvalue weighted by Crippen LogP contribution is 2.27. The van der Waals surface area contributed by atoms with E-state index in [2.05, 4.69) is 12.2 Å². The Bertz CT molecular complexity index is 348. The quantitative estimate of drug-likeness (QED) is 0.794. The summed E-state index contributed by atoms with van der Waals surface area (Å²) in [5.74, 6) is -0.139. The van der Waals surface area contributed by atoms with Gasteiger partial charge in [-0.05, 0) is 6.07 Å². The standard InChI is InChI=1S/C11H13F2NS/c1-7-5-14-11(6-15-7)9-3-2-8(12)4-10(9)13/h2-4,7,11,14H,5-6H2,1H3. The second kappa shape index (κ2) is 4.49. The van der Waals surface area contributed by atoms with Crippen LogP contribution >= 0.6 is 11.8 Å². The van der Waals surface area contributed by atoms with Gasteiger partial charge in [-0.25, -0.2) is 8.78 Å². The van der Waals surface area contributed by atoms with Gasteiger partial charge in [-0.3, -0.25) is 0 Å². The molecule has 1 aromatic carbocycles. The van der Waals surface area contributed by atoms with Gasteiger partial charge in [-0.15, -0.1) is 0 Å². The maximum Gasteiger partial charge on any atom is 0.130 e. The molecule has 1 saturated heterocycles. The van der Waals surface area contributed by atoms with Gasteiger partial charge in [0.2, 0.25) is 0 Å². The molecule has 1 N–H and O–H groups in total. The fourth-order valence-corrected chi connectivity index (χ4v) is 2.70. The largest absolute Gasteiger partial charge is 0.308 e. The first-order valence-corrected chi connectivity index (χ1v) is 6.01. The smallest absolute Gasteiger partial charge is 0.130 e. The van der Waals surface area contributed by atoms with Crippen molar-refractivity contribution in [3.8, 4) is 0 Å². The molecule has 1 fully saturated rings. The van der Waals surface area contributed by atoms with Gasteiger partial charge in [0.25, 0.3) is 0 Å². The van der Waals surface area contributed by atoms with Crippen molar-refractivity contribution in [1.29, 1.82) is 0 Å². The summed E-state index contributed by atoms with van der Waals surface area (Å²) in [5.41, 5.74) is 0.566. The van der Waals surface area contributed by atoms with Gasteiger partial charge in [0.05, 0.1) is 0 Å². The fourth-order valence-electron chi connectivity index (χ4n) is 1.67. The van der Waals surface area contributed by atoms with Gasteiger partial charge in [0, 0.05) is 35.2 Å². The predicted molar refractivity (Wildman–Crippen MR) is 59.0 cm³/mol. The molecular formula is C11H13F2NS. The van der Waals surface area contributed by atoms with Gasteiger partial charge in [0.1, 0.15) is 11.6 Å². The molecule has 0 aliphatic carbocycles. The third-order valence-electron chi connectivity index (χ3n) is 2.54. The molecule has 0 aromatic heterocycles. The Morgan fingerprint density at radius 1 is 1.40 bits per heavy atom. The predicted octanol–water partition coefficient (Wildman–Crippen LogP) is 2.73. The Hall–Kier alpha value is -0.610. The minimum Gasteiger partial charge on any atom is -0.308 e. The van der Waals surface area contributed by atoms with E-state index in [-0.39, 0.29) is 6.04 Å². The Balaban J connectivity index is 2.15. The average molecular weight is 229 g/mol. The van der Waals surface area contributed by atoms with Crippen molar-refractivity contribution in [1.82, 2.24) is 5.32 Å². The molecular weight excluding hydrogens is 216 g/mol. The number of nitrogens with one attached hydrogen (secondary N) is 1. The van der Waals surface area contributed by atoms with E-state index in [0.717, 1.165) is 18.4 Å². The number of rotatable bonds is 1. The van der Waals surface area contributed by atoms with Crippen LogP contribution < -0.4 is 5.32 Å². The van der Waals surface area contributed by atoms with Gasteiger partial charge >= 0.3 is 0 Å². The summed E-state index contributed by atoms with van der Waals surface area (Å²) >= 11 is 1.81. The summed E-state index contributed by atoms with van der Waals surface area (Å²) < 4.78 is 26.2. The molecule has 0 radical (unpaired) electrons. The molecule has 0 bridgehead atoms. The molecule has 2 atom stereocenters. The molecule has 0 spiro atoms. The Labute approximate surface area is 92.3 Å². The van der Waals surface area contributed by atoms with Crippen molar-refractivity contribution in [2.75, 3.05) is 12.3 Å². The third kappa shape index (κ3) is 2.49. The minimum absolute atomic E-state index is 0.00630. The number of hydrogen-bond acceptors (Lipinski definition) is 2. The summed E-state index contributed by atoms with van der Waals surface area (Å²) in [6.45, 7) is 3.00. The first-order valence-electron chi connectivity index (χ1n) is 4.97. The van der Waals surface area contributed by atoms with Crippen LogP contribution in [0.4, 0.5) is 8.78 Å². The molecule has 2 unspecified atom stereocenters. The highest BCUT2D eigenvalue weighted by atomic mass is 32.2. The second-order valence-electron chi connectivity index (χ2n) is 3.77. The first kappa shape index (κ1) is 10.9. The van der Waals surface area contributed by atoms with Crippen molar-refractivity contribution in [2.24, 2.45) is 0 Å². The molecule has 1 heterocycles. The van der Waals surface area contributed by atoms with Crippen molar-refractivity contribution >= 4 is 11.8 Å². The van der Waals surface area contributed by atoms with Crippen LogP contribution in [0.1, 0.15) is 18.5 Å². The van der Waals surface area contributed by atoms with Gasteiger partial charge in [-0.2, -0.15) is 11.8 Å². The molecule has 82 valence electrons. The summed E-state index contributed by atoms with van der Waals surface area (Å²) in [6.07, 6.45) is 0. The average Bonchev–Trinajstić information content (AvgIpc) is 2.20. The van der Waals surface area contributed by atoms with Crippen LogP contribution in [0.3, 0.4) is 0 Å². The Kier molecular flexibility index (Phi) is 3.26. The van der Waals surface area contributed by atoms with Crippen LogP contribution in [-0.2, 0) is 0 Å². The molecule has 2 rings (SSSR count). The lowest BCUT2D eigenvalue weighted by Gasteiger charge is -2.27. The molecule has 0 saturated carbocycles. The summed E-state index contributed by atoms with van der Waals surface area (Å²) in [7, 11) is 0. The lowest BCUT2D eigenvalue weighted by Crippen LogP contribution is -2.35. The SMILES string of the molecule is CC1CNC(c2ccc(F)cc2F)CS1. The summed E-state index contributed by atoms with van der Waals surface area (Å²) in [5, 5.41) is 3.82. The molecule has 0 amide bonds. The van der Waals surface area contributed by atoms with Gasteiger partial charge in [-0.1, -0.05) is 13.0 Å². The molecule has 15 heavy (non-hydrogen) atoms. The van der Waals surface area contributed by atoms with Crippen molar-refractivity contribution in [2.45, 2.75) is 18.2 Å². The highest BCUT2D eigenvalue weighted by Gasteiger charge is 2.21. The number of hydrogen-bond donors (Lipinski definition) is 1. The molecule has 1 aromatic rings. The van der Waals surface area contributed by atoms with Crippen molar-refractivity contribution in [3.05, 3.63) is 35.4 Å². The van der Waals surface area contributed by atoms with E-state index in [4.69, 9.17) is 0 Å². The summed E-state index contributed by atoms with van der Waals surface area (Å²) in [4.78, 5) is 0. The molecule has 4 heteroatoms. The Morgan fingerprint density at radius 2 is 2.20 bits per heavy atom. The summed E-state index contributed by atoms with van der Waals surface area (Å²) in [6, 6.07) is 3.79. The zero-order valence-electron chi connectivity index (χ0n) is 8.47. The fraction of sp³-hybridized carbons (Fsp3) is 0.455. The maximum absolute atomic E-state index is 13.4. The monoisotopic (exact) mass is 229 g/mol. The number of benzene rings is 1. The lowest BCUT2D eigenvalue weighted by molar-refractivity contribution is 0.514. The molecule has 1 aliphatic heterocycles. The van der Waals surface area contributed by atoms with E-state index in [9.17, 15) is 8.78 Å². The zero-order chi connectivity index (χ0) is 10.8. The molecule has 1 nitrogen and oxygen atoms in total. The maximum atomic E-state index is 13.4.